The van der Waals surface area contributed by atoms with Crippen molar-refractivity contribution in [3.8, 4) is 0 Å². The van der Waals surface area contributed by atoms with Gasteiger partial charge in [-0.15, -0.1) is 11.6 Å². The number of hydrogen-bond donors (Lipinski definition) is 1. The molecule has 0 saturated carbocycles. The van der Waals surface area contributed by atoms with E-state index >= 15 is 4.39 Å². The summed E-state index contributed by atoms with van der Waals surface area (Å²) in [4.78, 5) is 34.8. The Balaban J connectivity index is 1.04. The molecule has 4 aliphatic heterocycles. The number of piperazine rings is 1. The van der Waals surface area contributed by atoms with Crippen molar-refractivity contribution in [1.29, 1.82) is 0 Å². The Kier molecular flexibility index (Phi) is 9.86. The third-order valence-corrected chi connectivity index (χ3v) is 10.2. The van der Waals surface area contributed by atoms with Crippen LogP contribution in [0.5, 0.6) is 0 Å². The molecule has 0 spiro atoms. The minimum Gasteiger partial charge on any atom is -0.336 e. The molecular weight excluding hydrogens is 636 g/mol. The molecule has 1 aromatic rings. The van der Waals surface area contributed by atoms with Crippen LogP contribution in [0.2, 0.25) is 5.02 Å². The molecular formula is C36H40Cl2FN7O. The van der Waals surface area contributed by atoms with Crippen LogP contribution in [0.15, 0.2) is 92.0 Å². The molecule has 7 rings (SSSR count). The number of carbonyl (C=O) groups excluding carboxylic acids is 1. The van der Waals surface area contributed by atoms with E-state index in [1.807, 2.05) is 41.5 Å². The maximum Gasteiger partial charge on any atom is 0.255 e. The summed E-state index contributed by atoms with van der Waals surface area (Å²) >= 11 is 13.3. The van der Waals surface area contributed by atoms with Gasteiger partial charge in [-0.2, -0.15) is 0 Å². The first-order chi connectivity index (χ1) is 22.9. The summed E-state index contributed by atoms with van der Waals surface area (Å²) in [6.07, 6.45) is 15.8. The van der Waals surface area contributed by atoms with Gasteiger partial charge in [0.2, 0.25) is 5.96 Å². The highest BCUT2D eigenvalue weighted by molar-refractivity contribution is 6.34. The van der Waals surface area contributed by atoms with Gasteiger partial charge in [-0.1, -0.05) is 42.0 Å². The second-order valence-corrected chi connectivity index (χ2v) is 13.8. The minimum atomic E-state index is -1.13. The number of benzene rings is 1. The van der Waals surface area contributed by atoms with E-state index in [-0.39, 0.29) is 17.2 Å². The fraction of sp³-hybridized carbons (Fsp3) is 0.444. The zero-order chi connectivity index (χ0) is 32.3. The SMILES string of the molecule is O=C(c1ccc(NC2=NC3=CC(C=N2)CN=C(C2=CC=CCC2F)C2=CC(Cl)CC=C32)cc1Cl)N1CCN(CCN2CCCC2)CC1. The first-order valence-electron chi connectivity index (χ1n) is 16.7. The molecule has 1 aromatic carbocycles. The average molecular weight is 677 g/mol. The number of rotatable bonds is 6. The van der Waals surface area contributed by atoms with Crippen molar-refractivity contribution in [2.45, 2.75) is 37.2 Å². The molecule has 47 heavy (non-hydrogen) atoms. The van der Waals surface area contributed by atoms with Crippen LogP contribution in [-0.4, -0.2) is 109 Å². The molecule has 8 nitrogen and oxygen atoms in total. The number of amides is 1. The second kappa shape index (κ2) is 14.4. The molecule has 3 unspecified atom stereocenters. The number of hydrogen-bond acceptors (Lipinski definition) is 7. The summed E-state index contributed by atoms with van der Waals surface area (Å²) in [6.45, 7) is 8.12. The standard InChI is InChI=1S/C36H40Cl2FN7O/c37-25-7-9-27-30(20-25)34(29-5-1-2-6-32(29)39)40-22-24-19-33(27)43-36(41-23-24)42-26-8-10-28(31(38)21-26)35(47)46-17-15-45(16-18-46)14-13-44-11-3-4-12-44/h1-2,5,8-10,19-21,23-25,32H,3-4,6-7,11-18,22H2,(H,42,43). The van der Waals surface area contributed by atoms with Gasteiger partial charge in [0.05, 0.1) is 33.9 Å². The van der Waals surface area contributed by atoms with E-state index < -0.39 is 6.17 Å². The van der Waals surface area contributed by atoms with Gasteiger partial charge in [0.1, 0.15) is 6.17 Å². The lowest BCUT2D eigenvalue weighted by Gasteiger charge is -2.35. The number of aliphatic imine (C=N–C) groups is 3. The lowest BCUT2D eigenvalue weighted by atomic mass is 9.84. The first kappa shape index (κ1) is 32.2. The van der Waals surface area contributed by atoms with Crippen LogP contribution in [0.1, 0.15) is 36.0 Å². The van der Waals surface area contributed by atoms with E-state index in [1.54, 1.807) is 12.1 Å². The van der Waals surface area contributed by atoms with E-state index in [0.29, 0.717) is 66.0 Å². The second-order valence-electron chi connectivity index (χ2n) is 12.8. The van der Waals surface area contributed by atoms with E-state index in [2.05, 4.69) is 32.3 Å². The van der Waals surface area contributed by atoms with Crippen molar-refractivity contribution in [3.63, 3.8) is 0 Å². The van der Waals surface area contributed by atoms with E-state index in [9.17, 15) is 4.79 Å². The molecule has 2 fully saturated rings. The maximum atomic E-state index is 15.1. The highest BCUT2D eigenvalue weighted by Gasteiger charge is 2.30. The Bertz CT molecular complexity index is 1640. The molecule has 246 valence electrons. The molecule has 0 aromatic heterocycles. The Labute approximate surface area is 285 Å². The van der Waals surface area contributed by atoms with Gasteiger partial charge >= 0.3 is 0 Å². The van der Waals surface area contributed by atoms with Crippen molar-refractivity contribution in [3.05, 3.63) is 87.7 Å². The van der Waals surface area contributed by atoms with Gasteiger partial charge in [-0.3, -0.25) is 14.7 Å². The van der Waals surface area contributed by atoms with Crippen LogP contribution >= 0.6 is 23.2 Å². The van der Waals surface area contributed by atoms with E-state index in [0.717, 1.165) is 43.0 Å². The quantitative estimate of drug-likeness (QED) is 0.371. The molecule has 11 heteroatoms. The highest BCUT2D eigenvalue weighted by atomic mass is 35.5. The van der Waals surface area contributed by atoms with Crippen LogP contribution < -0.4 is 5.32 Å². The van der Waals surface area contributed by atoms with Gasteiger partial charge in [0.25, 0.3) is 5.91 Å². The molecule has 6 aliphatic rings. The summed E-state index contributed by atoms with van der Waals surface area (Å²) in [7, 11) is 0. The van der Waals surface area contributed by atoms with Crippen LogP contribution in [0.4, 0.5) is 10.1 Å². The Morgan fingerprint density at radius 2 is 1.79 bits per heavy atom. The average Bonchev–Trinajstić information content (AvgIpc) is 3.51. The number of alkyl halides is 2. The lowest BCUT2D eigenvalue weighted by molar-refractivity contribution is 0.0627. The van der Waals surface area contributed by atoms with Crippen molar-refractivity contribution in [1.82, 2.24) is 14.7 Å². The van der Waals surface area contributed by atoms with Crippen LogP contribution in [0.3, 0.4) is 0 Å². The smallest absolute Gasteiger partial charge is 0.255 e. The molecule has 2 bridgehead atoms. The van der Waals surface area contributed by atoms with Gasteiger partial charge < -0.3 is 15.1 Å². The highest BCUT2D eigenvalue weighted by Crippen LogP contribution is 2.36. The number of likely N-dealkylation sites (tertiary alicyclic amines) is 1. The third-order valence-electron chi connectivity index (χ3n) is 9.57. The Morgan fingerprint density at radius 3 is 2.55 bits per heavy atom. The number of fused-ring (bicyclic) bond motifs is 3. The molecule has 4 heterocycles. The summed E-state index contributed by atoms with van der Waals surface area (Å²) in [5.74, 6) is 0.216. The number of anilines is 1. The topological polar surface area (TPSA) is 75.9 Å². The minimum absolute atomic E-state index is 0.0481. The van der Waals surface area contributed by atoms with Gasteiger partial charge in [0.15, 0.2) is 0 Å². The van der Waals surface area contributed by atoms with Gasteiger partial charge in [0, 0.05) is 80.2 Å². The number of nitrogens with one attached hydrogen (secondary N) is 1. The predicted molar refractivity (Wildman–Crippen MR) is 190 cm³/mol. The molecule has 1 N–H and O–H groups in total. The summed E-state index contributed by atoms with van der Waals surface area (Å²) in [6, 6.07) is 5.35. The number of allylic oxidation sites excluding steroid dienone is 7. The van der Waals surface area contributed by atoms with Gasteiger partial charge in [-0.25, -0.2) is 14.4 Å². The van der Waals surface area contributed by atoms with Gasteiger partial charge in [-0.05, 0) is 56.6 Å². The molecule has 2 aliphatic carbocycles. The lowest BCUT2D eigenvalue weighted by Crippen LogP contribution is -2.50. The molecule has 3 atom stereocenters. The number of halogens is 3. The number of nitrogens with zero attached hydrogens (tertiary/aromatic N) is 6. The van der Waals surface area contributed by atoms with E-state index in [4.69, 9.17) is 33.2 Å². The fourth-order valence-electron chi connectivity index (χ4n) is 6.92. The van der Waals surface area contributed by atoms with Crippen LogP contribution in [-0.2, 0) is 0 Å². The normalized spacial score (nSPS) is 26.5. The summed E-state index contributed by atoms with van der Waals surface area (Å²) in [5, 5.41) is 3.45. The van der Waals surface area contributed by atoms with Crippen molar-refractivity contribution in [2.24, 2.45) is 20.9 Å². The van der Waals surface area contributed by atoms with Crippen LogP contribution in [0, 0.1) is 5.92 Å². The maximum absolute atomic E-state index is 15.1. The van der Waals surface area contributed by atoms with Crippen molar-refractivity contribution in [2.75, 3.05) is 64.2 Å². The fourth-order valence-corrected chi connectivity index (χ4v) is 7.39. The first-order valence-corrected chi connectivity index (χ1v) is 17.5. The molecule has 2 saturated heterocycles. The number of guanidine groups is 1. The monoisotopic (exact) mass is 675 g/mol. The predicted octanol–water partition coefficient (Wildman–Crippen LogP) is 6.09. The van der Waals surface area contributed by atoms with Crippen molar-refractivity contribution >= 4 is 52.7 Å². The molecule has 1 amide bonds. The Hall–Kier alpha value is -3.37. The number of carbonyl (C=O) groups is 1. The summed E-state index contributed by atoms with van der Waals surface area (Å²) in [5.41, 5.74) is 4.76. The summed E-state index contributed by atoms with van der Waals surface area (Å²) < 4.78 is 15.1. The zero-order valence-electron chi connectivity index (χ0n) is 26.4. The largest absolute Gasteiger partial charge is 0.336 e. The zero-order valence-corrected chi connectivity index (χ0v) is 27.9. The Morgan fingerprint density at radius 1 is 1.00 bits per heavy atom. The third kappa shape index (κ3) is 7.38. The van der Waals surface area contributed by atoms with Crippen molar-refractivity contribution < 1.29 is 9.18 Å². The van der Waals surface area contributed by atoms with Crippen LogP contribution in [0.25, 0.3) is 0 Å². The molecule has 0 radical (unpaired) electrons. The van der Waals surface area contributed by atoms with E-state index in [1.165, 1.54) is 25.9 Å².